The van der Waals surface area contributed by atoms with Crippen LogP contribution in [0.25, 0.3) is 66.5 Å². The molecule has 0 spiro atoms. The third-order valence-corrected chi connectivity index (χ3v) is 12.5. The van der Waals surface area contributed by atoms with Gasteiger partial charge in [-0.15, -0.1) is 0 Å². The second kappa shape index (κ2) is 27.9. The average molecular weight is 983 g/mol. The summed E-state index contributed by atoms with van der Waals surface area (Å²) in [5, 5.41) is 3.58. The summed E-state index contributed by atoms with van der Waals surface area (Å²) in [5.74, 6) is 0. The molecule has 336 valence electrons. The minimum Gasteiger partial charge on any atom is -0.248 e. The van der Waals surface area contributed by atoms with Crippen molar-refractivity contribution < 1.29 is 0 Å². The van der Waals surface area contributed by atoms with Crippen LogP contribution in [-0.2, 0) is 19.3 Å². The molecule has 67 heavy (non-hydrogen) atoms. The normalized spacial score (nSPS) is 10.8. The van der Waals surface area contributed by atoms with Crippen LogP contribution in [0, 0.1) is 0 Å². The molecule has 9 aromatic rings. The van der Waals surface area contributed by atoms with Gasteiger partial charge in [0.1, 0.15) is 0 Å². The number of hydrogen-bond donors (Lipinski definition) is 0. The van der Waals surface area contributed by atoms with E-state index in [-0.39, 0.29) is 25.8 Å². The first-order valence-corrected chi connectivity index (χ1v) is 25.0. The summed E-state index contributed by atoms with van der Waals surface area (Å²) in [4.78, 5) is 14.3. The molecule has 0 N–H and O–H groups in total. The summed E-state index contributed by atoms with van der Waals surface area (Å²) in [6.07, 6.45) is 19.4. The number of rotatable bonds is 18. The zero-order chi connectivity index (χ0) is 45.6. The van der Waals surface area contributed by atoms with E-state index in [2.05, 4.69) is 185 Å². The number of fused-ring (bicyclic) bond motifs is 3. The fourth-order valence-corrected chi connectivity index (χ4v) is 8.47. The molecule has 0 aliphatic rings. The Kier molecular flexibility index (Phi) is 21.2. The standard InChI is InChI=1S/3C21H23N.In/c3*1-2-3-4-5-8-17-11-13-19(14-12-17)21-16-15-18-9-6-7-10-20(18)22-21;/h3*6-7,9-16H,2-5,8H2,1H3;/q;;;+3. The van der Waals surface area contributed by atoms with Gasteiger partial charge in [-0.3, -0.25) is 0 Å². The van der Waals surface area contributed by atoms with Crippen LogP contribution in [0.5, 0.6) is 0 Å². The Labute approximate surface area is 420 Å². The Morgan fingerprint density at radius 2 is 0.537 bits per heavy atom. The van der Waals surface area contributed by atoms with Crippen molar-refractivity contribution in [1.29, 1.82) is 0 Å². The fourth-order valence-electron chi connectivity index (χ4n) is 8.47. The Hall–Kier alpha value is -5.58. The van der Waals surface area contributed by atoms with E-state index >= 15 is 0 Å². The molecule has 0 saturated heterocycles. The largest absolute Gasteiger partial charge is 3.00 e. The van der Waals surface area contributed by atoms with E-state index in [9.17, 15) is 0 Å². The summed E-state index contributed by atoms with van der Waals surface area (Å²) < 4.78 is 0. The van der Waals surface area contributed by atoms with E-state index in [0.29, 0.717) is 0 Å². The maximum Gasteiger partial charge on any atom is 3.00 e. The molecule has 0 saturated carbocycles. The van der Waals surface area contributed by atoms with Crippen LogP contribution in [0.4, 0.5) is 0 Å². The summed E-state index contributed by atoms with van der Waals surface area (Å²) in [6.45, 7) is 6.77. The van der Waals surface area contributed by atoms with Crippen LogP contribution in [0.3, 0.4) is 0 Å². The maximum absolute atomic E-state index is 4.76. The molecule has 0 bridgehead atoms. The molecule has 3 aromatic heterocycles. The summed E-state index contributed by atoms with van der Waals surface area (Å²) in [6, 6.07) is 64.3. The molecule has 0 atom stereocenters. The number of hydrogen-bond acceptors (Lipinski definition) is 3. The van der Waals surface area contributed by atoms with Crippen molar-refractivity contribution in [3.63, 3.8) is 0 Å². The first-order valence-electron chi connectivity index (χ1n) is 25.0. The zero-order valence-electron chi connectivity index (χ0n) is 40.3. The molecule has 3 heterocycles. The van der Waals surface area contributed by atoms with Gasteiger partial charge in [0.2, 0.25) is 0 Å². The van der Waals surface area contributed by atoms with Crippen molar-refractivity contribution in [3.8, 4) is 33.8 Å². The minimum atomic E-state index is 0. The van der Waals surface area contributed by atoms with Gasteiger partial charge in [-0.05, 0) is 91.6 Å². The van der Waals surface area contributed by atoms with E-state index in [1.807, 2.05) is 18.2 Å². The minimum absolute atomic E-state index is 0. The van der Waals surface area contributed by atoms with Crippen LogP contribution in [0.2, 0.25) is 0 Å². The van der Waals surface area contributed by atoms with E-state index < -0.39 is 0 Å². The van der Waals surface area contributed by atoms with Crippen molar-refractivity contribution in [2.45, 2.75) is 117 Å². The molecule has 9 rings (SSSR count). The predicted molar refractivity (Wildman–Crippen MR) is 291 cm³/mol. The van der Waals surface area contributed by atoms with Gasteiger partial charge in [0.05, 0.1) is 33.6 Å². The Morgan fingerprint density at radius 3 is 0.806 bits per heavy atom. The van der Waals surface area contributed by atoms with Gasteiger partial charge >= 0.3 is 25.8 Å². The van der Waals surface area contributed by atoms with E-state index in [4.69, 9.17) is 15.0 Å². The molecule has 4 heteroatoms. The third kappa shape index (κ3) is 15.8. The smallest absolute Gasteiger partial charge is 0.248 e. The predicted octanol–water partition coefficient (Wildman–Crippen LogP) is 17.7. The molecule has 0 unspecified atom stereocenters. The number of benzene rings is 6. The second-order valence-corrected chi connectivity index (χ2v) is 17.7. The average Bonchev–Trinajstić information content (AvgIpc) is 3.38. The molecular formula is C63H69InN3+3. The summed E-state index contributed by atoms with van der Waals surface area (Å²) in [7, 11) is 0. The van der Waals surface area contributed by atoms with E-state index in [1.54, 1.807) is 0 Å². The van der Waals surface area contributed by atoms with Crippen molar-refractivity contribution in [1.82, 2.24) is 15.0 Å². The van der Waals surface area contributed by atoms with Crippen LogP contribution in [0.1, 0.15) is 115 Å². The number of unbranched alkanes of at least 4 members (excludes halogenated alkanes) is 9. The molecule has 0 aliphatic heterocycles. The van der Waals surface area contributed by atoms with Gasteiger partial charge in [-0.2, -0.15) is 0 Å². The number of aryl methyl sites for hydroxylation is 3. The van der Waals surface area contributed by atoms with Gasteiger partial charge in [0.15, 0.2) is 0 Å². The van der Waals surface area contributed by atoms with E-state index in [0.717, 1.165) is 33.6 Å². The summed E-state index contributed by atoms with van der Waals surface area (Å²) in [5.41, 5.74) is 14.2. The monoisotopic (exact) mass is 982 g/mol. The zero-order valence-corrected chi connectivity index (χ0v) is 43.6. The van der Waals surface area contributed by atoms with Crippen molar-refractivity contribution in [3.05, 3.63) is 199 Å². The Balaban J connectivity index is 0.000000165. The van der Waals surface area contributed by atoms with Gasteiger partial charge in [-0.25, -0.2) is 15.0 Å². The van der Waals surface area contributed by atoms with Crippen LogP contribution < -0.4 is 0 Å². The third-order valence-electron chi connectivity index (χ3n) is 12.5. The number of pyridine rings is 3. The first-order chi connectivity index (χ1) is 32.6. The SMILES string of the molecule is CCCCCCc1ccc(-c2ccc3ccccc3n2)cc1.CCCCCCc1ccc(-c2ccc3ccccc3n2)cc1.CCCCCCc1ccc(-c2ccc3ccccc3n2)cc1.[In+3]. The molecule has 0 fully saturated rings. The number of aromatic nitrogens is 3. The molecular weight excluding hydrogens is 914 g/mol. The molecule has 0 radical (unpaired) electrons. The number of nitrogens with zero attached hydrogens (tertiary/aromatic N) is 3. The molecule has 0 aliphatic carbocycles. The van der Waals surface area contributed by atoms with Crippen LogP contribution >= 0.6 is 0 Å². The summed E-state index contributed by atoms with van der Waals surface area (Å²) >= 11 is 0. The maximum atomic E-state index is 4.76. The quantitative estimate of drug-likeness (QED) is 0.0804. The van der Waals surface area contributed by atoms with Gasteiger partial charge in [0, 0.05) is 32.8 Å². The molecule has 0 amide bonds. The fraction of sp³-hybridized carbons (Fsp3) is 0.286. The topological polar surface area (TPSA) is 38.7 Å². The van der Waals surface area contributed by atoms with Crippen LogP contribution in [-0.4, -0.2) is 40.8 Å². The van der Waals surface area contributed by atoms with Gasteiger partial charge in [-0.1, -0.05) is 224 Å². The van der Waals surface area contributed by atoms with Crippen molar-refractivity contribution >= 4 is 58.6 Å². The Morgan fingerprint density at radius 1 is 0.269 bits per heavy atom. The van der Waals surface area contributed by atoms with E-state index in [1.165, 1.54) is 146 Å². The van der Waals surface area contributed by atoms with Crippen LogP contribution in [0.15, 0.2) is 182 Å². The number of para-hydroxylation sites is 3. The van der Waals surface area contributed by atoms with Crippen molar-refractivity contribution in [2.24, 2.45) is 0 Å². The molecule has 3 nitrogen and oxygen atoms in total. The molecule has 6 aromatic carbocycles. The second-order valence-electron chi connectivity index (χ2n) is 17.7. The first kappa shape index (κ1) is 50.8. The van der Waals surface area contributed by atoms with Gasteiger partial charge < -0.3 is 0 Å². The van der Waals surface area contributed by atoms with Gasteiger partial charge in [0.25, 0.3) is 0 Å². The van der Waals surface area contributed by atoms with Crippen molar-refractivity contribution in [2.75, 3.05) is 0 Å². The Bertz CT molecular complexity index is 2500.